The number of halogens is 5. The van der Waals surface area contributed by atoms with Crippen molar-refractivity contribution in [3.8, 4) is 0 Å². The third kappa shape index (κ3) is 3.21. The predicted octanol–water partition coefficient (Wildman–Crippen LogP) is 3.89. The predicted molar refractivity (Wildman–Crippen MR) is 68.2 cm³/mol. The highest BCUT2D eigenvalue weighted by atomic mass is 19.2. The molecule has 1 nitrogen and oxygen atoms in total. The molecule has 0 heterocycles. The van der Waals surface area contributed by atoms with Crippen molar-refractivity contribution in [1.82, 2.24) is 5.32 Å². The lowest BCUT2D eigenvalue weighted by molar-refractivity contribution is 0.459. The highest BCUT2D eigenvalue weighted by molar-refractivity contribution is 5.28. The Morgan fingerprint density at radius 3 is 2.14 bits per heavy atom. The monoisotopic (exact) mass is 301 g/mol. The maximum atomic E-state index is 13.7. The highest BCUT2D eigenvalue weighted by Gasteiger charge is 2.22. The summed E-state index contributed by atoms with van der Waals surface area (Å²) < 4.78 is 67.2. The van der Waals surface area contributed by atoms with E-state index in [2.05, 4.69) is 5.32 Å². The van der Waals surface area contributed by atoms with E-state index in [0.717, 1.165) is 6.07 Å². The molecule has 0 fully saturated rings. The van der Waals surface area contributed by atoms with E-state index in [1.54, 1.807) is 0 Å². The average molecular weight is 301 g/mol. The second kappa shape index (κ2) is 6.22. The molecule has 0 spiro atoms. The summed E-state index contributed by atoms with van der Waals surface area (Å²) in [4.78, 5) is 0. The van der Waals surface area contributed by atoms with Crippen LogP contribution in [0.2, 0.25) is 0 Å². The van der Waals surface area contributed by atoms with Gasteiger partial charge in [-0.3, -0.25) is 0 Å². The number of rotatable bonds is 4. The number of benzene rings is 2. The zero-order chi connectivity index (χ0) is 15.6. The van der Waals surface area contributed by atoms with Crippen molar-refractivity contribution < 1.29 is 22.0 Å². The number of likely N-dealkylation sites (N-methyl/N-ethyl adjacent to an activating group) is 1. The maximum absolute atomic E-state index is 13.7. The quantitative estimate of drug-likeness (QED) is 0.845. The Balaban J connectivity index is 2.39. The first-order valence-electron chi connectivity index (χ1n) is 6.18. The fourth-order valence-corrected chi connectivity index (χ4v) is 2.16. The molecule has 2 aromatic carbocycles. The Bertz CT molecular complexity index is 634. The van der Waals surface area contributed by atoms with Crippen LogP contribution in [0.1, 0.15) is 17.2 Å². The summed E-state index contributed by atoms with van der Waals surface area (Å²) in [6, 6.07) is 3.71. The molecule has 2 rings (SSSR count). The van der Waals surface area contributed by atoms with E-state index in [9.17, 15) is 22.0 Å². The van der Waals surface area contributed by atoms with Gasteiger partial charge in [0.15, 0.2) is 11.6 Å². The molecule has 0 saturated carbocycles. The zero-order valence-electron chi connectivity index (χ0n) is 11.1. The van der Waals surface area contributed by atoms with E-state index >= 15 is 0 Å². The molecule has 1 unspecified atom stereocenters. The van der Waals surface area contributed by atoms with Gasteiger partial charge in [0.1, 0.15) is 17.5 Å². The average Bonchev–Trinajstić information content (AvgIpc) is 2.41. The van der Waals surface area contributed by atoms with Crippen LogP contribution in [-0.2, 0) is 6.42 Å². The lowest BCUT2D eigenvalue weighted by atomic mass is 9.97. The SMILES string of the molecule is CNC(Cc1cccc(F)c1F)c1c(F)cc(F)cc1F. The normalized spacial score (nSPS) is 12.5. The van der Waals surface area contributed by atoms with Crippen LogP contribution in [0.25, 0.3) is 0 Å². The van der Waals surface area contributed by atoms with Gasteiger partial charge < -0.3 is 5.32 Å². The van der Waals surface area contributed by atoms with Crippen LogP contribution in [0.3, 0.4) is 0 Å². The molecule has 1 atom stereocenters. The minimum absolute atomic E-state index is 0.0301. The van der Waals surface area contributed by atoms with Crippen LogP contribution < -0.4 is 5.32 Å². The second-order valence-electron chi connectivity index (χ2n) is 4.54. The summed E-state index contributed by atoms with van der Waals surface area (Å²) in [5, 5.41) is 2.62. The first-order chi connectivity index (χ1) is 9.93. The van der Waals surface area contributed by atoms with Crippen LogP contribution in [0.5, 0.6) is 0 Å². The van der Waals surface area contributed by atoms with Gasteiger partial charge >= 0.3 is 0 Å². The van der Waals surface area contributed by atoms with Crippen molar-refractivity contribution >= 4 is 0 Å². The molecule has 0 radical (unpaired) electrons. The summed E-state index contributed by atoms with van der Waals surface area (Å²) in [6.45, 7) is 0. The summed E-state index contributed by atoms with van der Waals surface area (Å²) in [5.74, 6) is -5.31. The summed E-state index contributed by atoms with van der Waals surface area (Å²) >= 11 is 0. The number of nitrogens with one attached hydrogen (secondary N) is 1. The minimum atomic E-state index is -1.08. The number of hydrogen-bond donors (Lipinski definition) is 1. The summed E-state index contributed by atoms with van der Waals surface area (Å²) in [5.41, 5.74) is -0.444. The van der Waals surface area contributed by atoms with Gasteiger partial charge in [-0.25, -0.2) is 22.0 Å². The van der Waals surface area contributed by atoms with Crippen molar-refractivity contribution in [1.29, 1.82) is 0 Å². The third-order valence-electron chi connectivity index (χ3n) is 3.20. The third-order valence-corrected chi connectivity index (χ3v) is 3.20. The van der Waals surface area contributed by atoms with E-state index in [1.165, 1.54) is 19.2 Å². The van der Waals surface area contributed by atoms with Gasteiger partial charge in [-0.05, 0) is 25.1 Å². The molecule has 6 heteroatoms. The van der Waals surface area contributed by atoms with Gasteiger partial charge in [0.2, 0.25) is 0 Å². The molecule has 2 aromatic rings. The van der Waals surface area contributed by atoms with Gasteiger partial charge in [-0.15, -0.1) is 0 Å². The van der Waals surface area contributed by atoms with Crippen LogP contribution in [-0.4, -0.2) is 7.05 Å². The molecule has 21 heavy (non-hydrogen) atoms. The molecule has 0 aliphatic heterocycles. The summed E-state index contributed by atoms with van der Waals surface area (Å²) in [6.07, 6.45) is -0.181. The second-order valence-corrected chi connectivity index (χ2v) is 4.54. The zero-order valence-corrected chi connectivity index (χ0v) is 11.1. The van der Waals surface area contributed by atoms with Crippen molar-refractivity contribution in [2.75, 3.05) is 7.05 Å². The molecular formula is C15H12F5N. The Labute approximate surface area is 118 Å². The van der Waals surface area contributed by atoms with Gasteiger partial charge in [-0.2, -0.15) is 0 Å². The van der Waals surface area contributed by atoms with E-state index in [4.69, 9.17) is 0 Å². The molecule has 0 saturated heterocycles. The Morgan fingerprint density at radius 1 is 0.952 bits per heavy atom. The fraction of sp³-hybridized carbons (Fsp3) is 0.200. The van der Waals surface area contributed by atoms with Crippen LogP contribution >= 0.6 is 0 Å². The van der Waals surface area contributed by atoms with E-state index in [1.807, 2.05) is 0 Å². The van der Waals surface area contributed by atoms with Crippen molar-refractivity contribution in [3.05, 3.63) is 70.5 Å². The molecule has 0 aliphatic carbocycles. The van der Waals surface area contributed by atoms with Crippen LogP contribution in [0.15, 0.2) is 30.3 Å². The topological polar surface area (TPSA) is 12.0 Å². The molecule has 1 N–H and O–H groups in total. The maximum Gasteiger partial charge on any atom is 0.162 e. The Hall–Kier alpha value is -1.95. The Kier molecular flexibility index (Phi) is 4.57. The molecule has 0 aliphatic rings. The van der Waals surface area contributed by atoms with Crippen LogP contribution in [0.4, 0.5) is 22.0 Å². The van der Waals surface area contributed by atoms with Gasteiger partial charge in [0.25, 0.3) is 0 Å². The summed E-state index contributed by atoms with van der Waals surface area (Å²) in [7, 11) is 1.42. The van der Waals surface area contributed by atoms with Gasteiger partial charge in [0.05, 0.1) is 0 Å². The lowest BCUT2D eigenvalue weighted by Crippen LogP contribution is -2.22. The largest absolute Gasteiger partial charge is 0.313 e. The van der Waals surface area contributed by atoms with E-state index in [0.29, 0.717) is 12.1 Å². The smallest absolute Gasteiger partial charge is 0.162 e. The first kappa shape index (κ1) is 15.4. The lowest BCUT2D eigenvalue weighted by Gasteiger charge is -2.18. The van der Waals surface area contributed by atoms with E-state index < -0.39 is 40.7 Å². The van der Waals surface area contributed by atoms with Crippen LogP contribution in [0, 0.1) is 29.1 Å². The van der Waals surface area contributed by atoms with Crippen molar-refractivity contribution in [3.63, 3.8) is 0 Å². The van der Waals surface area contributed by atoms with Gasteiger partial charge in [-0.1, -0.05) is 12.1 Å². The van der Waals surface area contributed by atoms with E-state index in [-0.39, 0.29) is 12.0 Å². The Morgan fingerprint density at radius 2 is 1.57 bits per heavy atom. The molecule has 0 amide bonds. The molecule has 112 valence electrons. The van der Waals surface area contributed by atoms with Gasteiger partial charge in [0, 0.05) is 23.7 Å². The molecule has 0 bridgehead atoms. The first-order valence-corrected chi connectivity index (χ1v) is 6.18. The number of hydrogen-bond acceptors (Lipinski definition) is 1. The molecular weight excluding hydrogens is 289 g/mol. The van der Waals surface area contributed by atoms with Crippen molar-refractivity contribution in [2.45, 2.75) is 12.5 Å². The standard InChI is InChI=1S/C15H12F5N/c1-21-13(5-8-3-2-4-10(17)15(8)20)14-11(18)6-9(16)7-12(14)19/h2-4,6-7,13,21H,5H2,1H3. The molecule has 0 aromatic heterocycles. The fourth-order valence-electron chi connectivity index (χ4n) is 2.16. The van der Waals surface area contributed by atoms with Crippen molar-refractivity contribution in [2.24, 2.45) is 0 Å². The minimum Gasteiger partial charge on any atom is -0.313 e. The highest BCUT2D eigenvalue weighted by Crippen LogP contribution is 2.26.